The summed E-state index contributed by atoms with van der Waals surface area (Å²) in [5.74, 6) is 1.78. The monoisotopic (exact) mass is 419 g/mol. The molecule has 0 saturated carbocycles. The second-order valence-corrected chi connectivity index (χ2v) is 5.48. The predicted octanol–water partition coefficient (Wildman–Crippen LogP) is 3.87. The highest BCUT2D eigenvalue weighted by atomic mass is 127. The van der Waals surface area contributed by atoms with Crippen LogP contribution in [0.15, 0.2) is 23.2 Å². The molecule has 0 spiro atoms. The normalized spacial score (nSPS) is 11.1. The van der Waals surface area contributed by atoms with Crippen LogP contribution < -0.4 is 15.4 Å². The molecule has 0 aliphatic rings. The maximum atomic E-state index is 5.89. The van der Waals surface area contributed by atoms with E-state index in [1.54, 1.807) is 7.05 Å². The van der Waals surface area contributed by atoms with Gasteiger partial charge in [-0.3, -0.25) is 4.99 Å². The molecule has 2 N–H and O–H groups in total. The first-order chi connectivity index (χ1) is 10.1. The van der Waals surface area contributed by atoms with Gasteiger partial charge in [0.15, 0.2) is 5.96 Å². The lowest BCUT2D eigenvalue weighted by Crippen LogP contribution is -2.37. The van der Waals surface area contributed by atoms with Crippen molar-refractivity contribution in [2.24, 2.45) is 4.99 Å². The van der Waals surface area contributed by atoms with Crippen LogP contribution in [-0.4, -0.2) is 25.7 Å². The molecule has 126 valence electrons. The highest BCUT2D eigenvalue weighted by molar-refractivity contribution is 14.0. The van der Waals surface area contributed by atoms with Gasteiger partial charge in [0.2, 0.25) is 0 Å². The Morgan fingerprint density at radius 3 is 2.59 bits per heavy atom. The SMILES string of the molecule is CCCCNC(=NC)NCc1ccc(C)cc1OC(C)C.I. The highest BCUT2D eigenvalue weighted by Crippen LogP contribution is 2.21. The maximum absolute atomic E-state index is 5.89. The van der Waals surface area contributed by atoms with E-state index in [2.05, 4.69) is 47.7 Å². The van der Waals surface area contributed by atoms with E-state index in [0.29, 0.717) is 6.54 Å². The molecule has 0 aliphatic heterocycles. The van der Waals surface area contributed by atoms with Crippen LogP contribution in [0.1, 0.15) is 44.7 Å². The van der Waals surface area contributed by atoms with E-state index in [9.17, 15) is 0 Å². The zero-order chi connectivity index (χ0) is 15.7. The van der Waals surface area contributed by atoms with Crippen molar-refractivity contribution in [2.45, 2.75) is 53.2 Å². The summed E-state index contributed by atoms with van der Waals surface area (Å²) in [5.41, 5.74) is 2.35. The van der Waals surface area contributed by atoms with Crippen molar-refractivity contribution in [1.82, 2.24) is 10.6 Å². The van der Waals surface area contributed by atoms with Crippen LogP contribution in [-0.2, 0) is 6.54 Å². The van der Waals surface area contributed by atoms with Gasteiger partial charge in [-0.2, -0.15) is 0 Å². The largest absolute Gasteiger partial charge is 0.491 e. The molecule has 0 aliphatic carbocycles. The first kappa shape index (κ1) is 21.0. The summed E-state index contributed by atoms with van der Waals surface area (Å²) >= 11 is 0. The van der Waals surface area contributed by atoms with E-state index in [1.807, 2.05) is 13.8 Å². The number of rotatable bonds is 7. The van der Waals surface area contributed by atoms with Crippen molar-refractivity contribution in [2.75, 3.05) is 13.6 Å². The zero-order valence-electron chi connectivity index (χ0n) is 14.4. The van der Waals surface area contributed by atoms with Gasteiger partial charge < -0.3 is 15.4 Å². The molecule has 0 saturated heterocycles. The van der Waals surface area contributed by atoms with Gasteiger partial charge in [0.1, 0.15) is 5.75 Å². The van der Waals surface area contributed by atoms with Gasteiger partial charge in [-0.05, 0) is 38.8 Å². The summed E-state index contributed by atoms with van der Waals surface area (Å²) in [5, 5.41) is 6.65. The molecule has 0 unspecified atom stereocenters. The van der Waals surface area contributed by atoms with Crippen LogP contribution >= 0.6 is 24.0 Å². The first-order valence-corrected chi connectivity index (χ1v) is 7.77. The van der Waals surface area contributed by atoms with Crippen LogP contribution in [0.2, 0.25) is 0 Å². The van der Waals surface area contributed by atoms with Gasteiger partial charge in [0.05, 0.1) is 6.10 Å². The van der Waals surface area contributed by atoms with Gasteiger partial charge in [-0.1, -0.05) is 25.5 Å². The number of aryl methyl sites for hydroxylation is 1. The molecule has 0 heterocycles. The van der Waals surface area contributed by atoms with Crippen LogP contribution in [0, 0.1) is 6.92 Å². The number of aliphatic imine (C=N–C) groups is 1. The van der Waals surface area contributed by atoms with E-state index in [0.717, 1.165) is 30.2 Å². The zero-order valence-corrected chi connectivity index (χ0v) is 16.7. The van der Waals surface area contributed by atoms with E-state index >= 15 is 0 Å². The molecular formula is C17H30IN3O. The van der Waals surface area contributed by atoms with Crippen molar-refractivity contribution in [3.05, 3.63) is 29.3 Å². The van der Waals surface area contributed by atoms with Gasteiger partial charge in [0.25, 0.3) is 0 Å². The second-order valence-electron chi connectivity index (χ2n) is 5.48. The Morgan fingerprint density at radius 2 is 2.00 bits per heavy atom. The fourth-order valence-corrected chi connectivity index (χ4v) is 1.95. The number of unbranched alkanes of at least 4 members (excludes halogenated alkanes) is 1. The van der Waals surface area contributed by atoms with Crippen LogP contribution in [0.25, 0.3) is 0 Å². The Kier molecular flexibility index (Phi) is 11.1. The molecule has 0 fully saturated rings. The van der Waals surface area contributed by atoms with E-state index in [1.165, 1.54) is 12.0 Å². The summed E-state index contributed by atoms with van der Waals surface area (Å²) in [6.07, 6.45) is 2.49. The minimum atomic E-state index is 0. The molecule has 1 aromatic rings. The van der Waals surface area contributed by atoms with Gasteiger partial charge in [0, 0.05) is 25.7 Å². The molecule has 0 amide bonds. The van der Waals surface area contributed by atoms with Crippen molar-refractivity contribution in [3.63, 3.8) is 0 Å². The Hall–Kier alpha value is -0.980. The number of hydrogen-bond donors (Lipinski definition) is 2. The smallest absolute Gasteiger partial charge is 0.191 e. The minimum Gasteiger partial charge on any atom is -0.491 e. The summed E-state index contributed by atoms with van der Waals surface area (Å²) in [4.78, 5) is 4.24. The van der Waals surface area contributed by atoms with Crippen molar-refractivity contribution in [3.8, 4) is 5.75 Å². The maximum Gasteiger partial charge on any atom is 0.191 e. The predicted molar refractivity (Wildman–Crippen MR) is 105 cm³/mol. The van der Waals surface area contributed by atoms with Crippen LogP contribution in [0.3, 0.4) is 0 Å². The fraction of sp³-hybridized carbons (Fsp3) is 0.588. The lowest BCUT2D eigenvalue weighted by molar-refractivity contribution is 0.239. The highest BCUT2D eigenvalue weighted by Gasteiger charge is 2.07. The number of ether oxygens (including phenoxy) is 1. The topological polar surface area (TPSA) is 45.7 Å². The first-order valence-electron chi connectivity index (χ1n) is 7.77. The fourth-order valence-electron chi connectivity index (χ4n) is 1.95. The molecule has 0 aromatic heterocycles. The number of benzene rings is 1. The molecule has 1 rings (SSSR count). The molecular weight excluding hydrogens is 389 g/mol. The number of guanidine groups is 1. The summed E-state index contributed by atoms with van der Waals surface area (Å²) in [6, 6.07) is 6.31. The average molecular weight is 419 g/mol. The summed E-state index contributed by atoms with van der Waals surface area (Å²) in [7, 11) is 1.79. The lowest BCUT2D eigenvalue weighted by atomic mass is 10.1. The molecule has 0 radical (unpaired) electrons. The third kappa shape index (κ3) is 7.87. The second kappa shape index (κ2) is 11.6. The number of hydrogen-bond acceptors (Lipinski definition) is 2. The Morgan fingerprint density at radius 1 is 1.27 bits per heavy atom. The van der Waals surface area contributed by atoms with Gasteiger partial charge in [-0.25, -0.2) is 0 Å². The lowest BCUT2D eigenvalue weighted by Gasteiger charge is -2.17. The molecule has 22 heavy (non-hydrogen) atoms. The number of nitrogens with one attached hydrogen (secondary N) is 2. The third-order valence-electron chi connectivity index (χ3n) is 3.08. The summed E-state index contributed by atoms with van der Waals surface area (Å²) < 4.78 is 5.89. The van der Waals surface area contributed by atoms with Crippen molar-refractivity contribution >= 4 is 29.9 Å². The van der Waals surface area contributed by atoms with Gasteiger partial charge >= 0.3 is 0 Å². The molecule has 0 bridgehead atoms. The standard InChI is InChI=1S/C17H29N3O.HI/c1-6-7-10-19-17(18-5)20-12-15-9-8-14(4)11-16(15)21-13(2)3;/h8-9,11,13H,6-7,10,12H2,1-5H3,(H2,18,19,20);1H. The minimum absolute atomic E-state index is 0. The average Bonchev–Trinajstić information content (AvgIpc) is 2.43. The van der Waals surface area contributed by atoms with E-state index < -0.39 is 0 Å². The Labute approximate surface area is 152 Å². The molecule has 5 heteroatoms. The molecule has 1 aromatic carbocycles. The van der Waals surface area contributed by atoms with Crippen molar-refractivity contribution in [1.29, 1.82) is 0 Å². The van der Waals surface area contributed by atoms with Crippen molar-refractivity contribution < 1.29 is 4.74 Å². The molecule has 0 atom stereocenters. The van der Waals surface area contributed by atoms with Crippen LogP contribution in [0.5, 0.6) is 5.75 Å². The Bertz CT molecular complexity index is 461. The number of nitrogens with zero attached hydrogens (tertiary/aromatic N) is 1. The Balaban J connectivity index is 0.00000441. The van der Waals surface area contributed by atoms with Crippen LogP contribution in [0.4, 0.5) is 0 Å². The summed E-state index contributed by atoms with van der Waals surface area (Å²) in [6.45, 7) is 10.00. The van der Waals surface area contributed by atoms with E-state index in [-0.39, 0.29) is 30.1 Å². The quantitative estimate of drug-likeness (QED) is 0.305. The van der Waals surface area contributed by atoms with E-state index in [4.69, 9.17) is 4.74 Å². The number of halogens is 1. The third-order valence-corrected chi connectivity index (χ3v) is 3.08. The van der Waals surface area contributed by atoms with Gasteiger partial charge in [-0.15, -0.1) is 24.0 Å². The molecule has 4 nitrogen and oxygen atoms in total.